The van der Waals surface area contributed by atoms with Crippen LogP contribution in [0.2, 0.25) is 0 Å². The summed E-state index contributed by atoms with van der Waals surface area (Å²) in [7, 11) is 1.80. The summed E-state index contributed by atoms with van der Waals surface area (Å²) in [6.45, 7) is 2.00. The Morgan fingerprint density at radius 2 is 1.74 bits per heavy atom. The average Bonchev–Trinajstić information content (AvgIpc) is 2.41. The minimum Gasteiger partial charge on any atom is -0.398 e. The number of hydrogen-bond acceptors (Lipinski definition) is 2. The number of aryl methyl sites for hydroxylation is 1. The summed E-state index contributed by atoms with van der Waals surface area (Å²) in [4.78, 5) is 14.0. The first-order valence-electron chi connectivity index (χ1n) is 6.25. The molecule has 0 spiro atoms. The van der Waals surface area contributed by atoms with Crippen molar-refractivity contribution in [3.8, 4) is 0 Å². The zero-order chi connectivity index (χ0) is 13.8. The molecule has 0 saturated heterocycles. The number of anilines is 2. The predicted molar refractivity (Wildman–Crippen MR) is 79.1 cm³/mol. The molecule has 2 N–H and O–H groups in total. The van der Waals surface area contributed by atoms with Gasteiger partial charge in [-0.2, -0.15) is 0 Å². The summed E-state index contributed by atoms with van der Waals surface area (Å²) in [6.07, 6.45) is 0.317. The SMILES string of the molecule is Cc1ccccc1N(C)C(=O)Cc1ccccc1N. The van der Waals surface area contributed by atoms with Gasteiger partial charge in [-0.15, -0.1) is 0 Å². The largest absolute Gasteiger partial charge is 0.398 e. The molecule has 0 heterocycles. The second-order valence-electron chi connectivity index (χ2n) is 4.61. The average molecular weight is 254 g/mol. The monoisotopic (exact) mass is 254 g/mol. The third-order valence-corrected chi connectivity index (χ3v) is 3.25. The number of likely N-dealkylation sites (N-methyl/N-ethyl adjacent to an activating group) is 1. The number of hydrogen-bond donors (Lipinski definition) is 1. The van der Waals surface area contributed by atoms with E-state index in [2.05, 4.69) is 0 Å². The third-order valence-electron chi connectivity index (χ3n) is 3.25. The van der Waals surface area contributed by atoms with Crippen LogP contribution in [0.25, 0.3) is 0 Å². The topological polar surface area (TPSA) is 46.3 Å². The lowest BCUT2D eigenvalue weighted by Gasteiger charge is -2.19. The van der Waals surface area contributed by atoms with Crippen molar-refractivity contribution < 1.29 is 4.79 Å². The summed E-state index contributed by atoms with van der Waals surface area (Å²) >= 11 is 0. The number of amides is 1. The van der Waals surface area contributed by atoms with Crippen molar-refractivity contribution in [2.24, 2.45) is 0 Å². The van der Waals surface area contributed by atoms with Crippen molar-refractivity contribution in [3.63, 3.8) is 0 Å². The lowest BCUT2D eigenvalue weighted by molar-refractivity contribution is -0.117. The third kappa shape index (κ3) is 2.94. The molecule has 0 radical (unpaired) electrons. The Balaban J connectivity index is 2.17. The van der Waals surface area contributed by atoms with Crippen LogP contribution in [0.5, 0.6) is 0 Å². The first-order valence-corrected chi connectivity index (χ1v) is 6.25. The molecule has 0 aliphatic rings. The minimum absolute atomic E-state index is 0.0344. The molecule has 0 unspecified atom stereocenters. The summed E-state index contributed by atoms with van der Waals surface area (Å²) in [6, 6.07) is 15.3. The number of nitrogen functional groups attached to an aromatic ring is 1. The van der Waals surface area contributed by atoms with Crippen molar-refractivity contribution in [3.05, 3.63) is 59.7 Å². The number of para-hydroxylation sites is 2. The van der Waals surface area contributed by atoms with Gasteiger partial charge < -0.3 is 10.6 Å². The molecule has 3 nitrogen and oxygen atoms in total. The molecule has 0 aliphatic heterocycles. The Morgan fingerprint density at radius 1 is 1.11 bits per heavy atom. The molecule has 2 rings (SSSR count). The fourth-order valence-corrected chi connectivity index (χ4v) is 2.05. The molecule has 2 aromatic rings. The Kier molecular flexibility index (Phi) is 3.85. The number of carbonyl (C=O) groups excluding carboxylic acids is 1. The lowest BCUT2D eigenvalue weighted by Crippen LogP contribution is -2.28. The number of nitrogens with two attached hydrogens (primary N) is 1. The highest BCUT2D eigenvalue weighted by atomic mass is 16.2. The molecule has 0 saturated carbocycles. The standard InChI is InChI=1S/C16H18N2O/c1-12-7-3-6-10-15(12)18(2)16(19)11-13-8-4-5-9-14(13)17/h3-10H,11,17H2,1-2H3. The molecular weight excluding hydrogens is 236 g/mol. The molecule has 0 aromatic heterocycles. The van der Waals surface area contributed by atoms with Crippen molar-refractivity contribution in [2.75, 3.05) is 17.7 Å². The quantitative estimate of drug-likeness (QED) is 0.856. The molecule has 19 heavy (non-hydrogen) atoms. The predicted octanol–water partition coefficient (Wildman–Crippen LogP) is 2.78. The fourth-order valence-electron chi connectivity index (χ4n) is 2.05. The van der Waals surface area contributed by atoms with Gasteiger partial charge in [0.1, 0.15) is 0 Å². The van der Waals surface area contributed by atoms with Gasteiger partial charge in [0.2, 0.25) is 5.91 Å². The van der Waals surface area contributed by atoms with E-state index in [1.54, 1.807) is 11.9 Å². The van der Waals surface area contributed by atoms with E-state index in [9.17, 15) is 4.79 Å². The molecule has 0 bridgehead atoms. The number of benzene rings is 2. The molecule has 0 aliphatic carbocycles. The molecule has 0 atom stereocenters. The molecule has 2 aromatic carbocycles. The van der Waals surface area contributed by atoms with Crippen LogP contribution in [0, 0.1) is 6.92 Å². The summed E-state index contributed by atoms with van der Waals surface area (Å²) < 4.78 is 0. The van der Waals surface area contributed by atoms with Crippen LogP contribution in [-0.4, -0.2) is 13.0 Å². The molecular formula is C16H18N2O. The van der Waals surface area contributed by atoms with Gasteiger partial charge in [0.05, 0.1) is 6.42 Å². The Bertz CT molecular complexity index is 593. The van der Waals surface area contributed by atoms with Gasteiger partial charge in [-0.25, -0.2) is 0 Å². The zero-order valence-electron chi connectivity index (χ0n) is 11.3. The first-order chi connectivity index (χ1) is 9.09. The molecule has 3 heteroatoms. The van der Waals surface area contributed by atoms with Crippen LogP contribution < -0.4 is 10.6 Å². The van der Waals surface area contributed by atoms with Crippen LogP contribution in [-0.2, 0) is 11.2 Å². The zero-order valence-corrected chi connectivity index (χ0v) is 11.3. The van der Waals surface area contributed by atoms with Crippen LogP contribution >= 0.6 is 0 Å². The lowest BCUT2D eigenvalue weighted by atomic mass is 10.1. The molecule has 1 amide bonds. The van der Waals surface area contributed by atoms with Gasteiger partial charge >= 0.3 is 0 Å². The fraction of sp³-hybridized carbons (Fsp3) is 0.188. The van der Waals surface area contributed by atoms with E-state index < -0.39 is 0 Å². The van der Waals surface area contributed by atoms with Gasteiger partial charge in [-0.3, -0.25) is 4.79 Å². The van der Waals surface area contributed by atoms with Gasteiger partial charge in [0, 0.05) is 18.4 Å². The van der Waals surface area contributed by atoms with E-state index in [-0.39, 0.29) is 5.91 Å². The van der Waals surface area contributed by atoms with E-state index in [1.807, 2.05) is 55.5 Å². The molecule has 0 fully saturated rings. The number of rotatable bonds is 3. The van der Waals surface area contributed by atoms with Gasteiger partial charge in [-0.05, 0) is 30.2 Å². The normalized spacial score (nSPS) is 10.2. The Labute approximate surface area is 113 Å². The Hall–Kier alpha value is -2.29. The maximum absolute atomic E-state index is 12.3. The van der Waals surface area contributed by atoms with E-state index in [0.717, 1.165) is 16.8 Å². The summed E-state index contributed by atoms with van der Waals surface area (Å²) in [5.41, 5.74) is 9.41. The number of nitrogens with zero attached hydrogens (tertiary/aromatic N) is 1. The first kappa shape index (κ1) is 13.1. The van der Waals surface area contributed by atoms with Crippen molar-refractivity contribution in [1.82, 2.24) is 0 Å². The van der Waals surface area contributed by atoms with Gasteiger partial charge in [-0.1, -0.05) is 36.4 Å². The molecule has 98 valence electrons. The maximum atomic E-state index is 12.3. The van der Waals surface area contributed by atoms with E-state index in [4.69, 9.17) is 5.73 Å². The second kappa shape index (κ2) is 5.57. The van der Waals surface area contributed by atoms with Crippen LogP contribution in [0.1, 0.15) is 11.1 Å². The van der Waals surface area contributed by atoms with Gasteiger partial charge in [0.15, 0.2) is 0 Å². The Morgan fingerprint density at radius 3 is 2.42 bits per heavy atom. The summed E-state index contributed by atoms with van der Waals surface area (Å²) in [5.74, 6) is 0.0344. The smallest absolute Gasteiger partial charge is 0.231 e. The number of carbonyl (C=O) groups is 1. The van der Waals surface area contributed by atoms with Crippen LogP contribution in [0.4, 0.5) is 11.4 Å². The van der Waals surface area contributed by atoms with E-state index in [1.165, 1.54) is 0 Å². The van der Waals surface area contributed by atoms with E-state index in [0.29, 0.717) is 12.1 Å². The highest BCUT2D eigenvalue weighted by Crippen LogP contribution is 2.20. The van der Waals surface area contributed by atoms with Crippen LogP contribution in [0.15, 0.2) is 48.5 Å². The van der Waals surface area contributed by atoms with Crippen molar-refractivity contribution >= 4 is 17.3 Å². The van der Waals surface area contributed by atoms with Gasteiger partial charge in [0.25, 0.3) is 0 Å². The maximum Gasteiger partial charge on any atom is 0.231 e. The highest BCUT2D eigenvalue weighted by Gasteiger charge is 2.14. The summed E-state index contributed by atoms with van der Waals surface area (Å²) in [5, 5.41) is 0. The minimum atomic E-state index is 0.0344. The van der Waals surface area contributed by atoms with Crippen LogP contribution in [0.3, 0.4) is 0 Å². The second-order valence-corrected chi connectivity index (χ2v) is 4.61. The van der Waals surface area contributed by atoms with E-state index >= 15 is 0 Å². The van der Waals surface area contributed by atoms with Crippen molar-refractivity contribution in [1.29, 1.82) is 0 Å². The van der Waals surface area contributed by atoms with Crippen molar-refractivity contribution in [2.45, 2.75) is 13.3 Å². The highest BCUT2D eigenvalue weighted by molar-refractivity contribution is 5.95.